The molecule has 1 atom stereocenters. The van der Waals surface area contributed by atoms with E-state index in [4.69, 9.17) is 5.73 Å². The van der Waals surface area contributed by atoms with Gasteiger partial charge in [-0.25, -0.2) is 17.5 Å². The van der Waals surface area contributed by atoms with Gasteiger partial charge in [-0.15, -0.1) is 0 Å². The molecule has 0 amide bonds. The molecule has 10 heteroatoms. The minimum absolute atomic E-state index is 0.0461. The second kappa shape index (κ2) is 5.86. The van der Waals surface area contributed by atoms with Gasteiger partial charge in [-0.05, 0) is 35.0 Å². The fourth-order valence-electron chi connectivity index (χ4n) is 1.47. The number of alkyl halides is 3. The maximum Gasteiger partial charge on any atom is 0.390 e. The van der Waals surface area contributed by atoms with Gasteiger partial charge in [-0.3, -0.25) is 0 Å². The summed E-state index contributed by atoms with van der Waals surface area (Å²) in [6.45, 7) is 1.03. The fourth-order valence-corrected chi connectivity index (χ4v) is 3.12. The molecule has 1 unspecified atom stereocenters. The van der Waals surface area contributed by atoms with Crippen molar-refractivity contribution in [1.82, 2.24) is 4.72 Å². The van der Waals surface area contributed by atoms with Crippen molar-refractivity contribution in [3.63, 3.8) is 0 Å². The number of nitrogen functional groups attached to an aromatic ring is 1. The van der Waals surface area contributed by atoms with E-state index in [0.717, 1.165) is 19.1 Å². The third kappa shape index (κ3) is 4.60. The van der Waals surface area contributed by atoms with E-state index in [9.17, 15) is 26.0 Å². The van der Waals surface area contributed by atoms with Crippen LogP contribution in [0.2, 0.25) is 0 Å². The smallest absolute Gasteiger partial charge is 0.390 e. The normalized spacial score (nSPS) is 14.3. The van der Waals surface area contributed by atoms with Crippen LogP contribution in [0, 0.1) is 5.82 Å². The minimum atomic E-state index is -4.53. The highest BCUT2D eigenvalue weighted by Gasteiger charge is 2.32. The molecule has 0 spiro atoms. The third-order valence-corrected chi connectivity index (χ3v) is 4.53. The average molecular weight is 379 g/mol. The van der Waals surface area contributed by atoms with Gasteiger partial charge < -0.3 is 5.73 Å². The Bertz CT molecular complexity index is 604. The molecule has 0 aromatic heterocycles. The summed E-state index contributed by atoms with van der Waals surface area (Å²) in [5.41, 5.74) is 5.39. The molecular formula is C10H11BrF4N2O2S. The second-order valence-corrected chi connectivity index (χ2v) is 6.68. The Morgan fingerprint density at radius 1 is 1.40 bits per heavy atom. The van der Waals surface area contributed by atoms with Crippen LogP contribution in [0.25, 0.3) is 0 Å². The first-order chi connectivity index (χ1) is 8.92. The molecule has 0 aliphatic rings. The van der Waals surface area contributed by atoms with Crippen molar-refractivity contribution in [1.29, 1.82) is 0 Å². The number of sulfonamides is 1. The highest BCUT2D eigenvalue weighted by Crippen LogP contribution is 2.27. The molecule has 4 nitrogen and oxygen atoms in total. The van der Waals surface area contributed by atoms with Crippen LogP contribution >= 0.6 is 15.9 Å². The second-order valence-electron chi connectivity index (χ2n) is 4.15. The van der Waals surface area contributed by atoms with Crippen LogP contribution in [0.4, 0.5) is 23.2 Å². The van der Waals surface area contributed by atoms with Crippen LogP contribution in [0.15, 0.2) is 21.5 Å². The predicted molar refractivity (Wildman–Crippen MR) is 69.0 cm³/mol. The van der Waals surface area contributed by atoms with E-state index in [0.29, 0.717) is 0 Å². The molecule has 0 saturated heterocycles. The zero-order valence-electron chi connectivity index (χ0n) is 10.1. The molecule has 0 heterocycles. The van der Waals surface area contributed by atoms with E-state index in [1.54, 1.807) is 4.72 Å². The van der Waals surface area contributed by atoms with Gasteiger partial charge >= 0.3 is 6.18 Å². The highest BCUT2D eigenvalue weighted by atomic mass is 79.9. The van der Waals surface area contributed by atoms with Gasteiger partial charge in [0.25, 0.3) is 0 Å². The number of nitrogens with two attached hydrogens (primary N) is 1. The van der Waals surface area contributed by atoms with Crippen LogP contribution in [0.1, 0.15) is 13.3 Å². The molecule has 0 aliphatic heterocycles. The van der Waals surface area contributed by atoms with Crippen molar-refractivity contribution in [3.05, 3.63) is 22.4 Å². The summed E-state index contributed by atoms with van der Waals surface area (Å²) in [6.07, 6.45) is -5.89. The van der Waals surface area contributed by atoms with Crippen molar-refractivity contribution in [2.24, 2.45) is 0 Å². The lowest BCUT2D eigenvalue weighted by atomic mass is 10.2. The van der Waals surface area contributed by atoms with Crippen molar-refractivity contribution in [2.75, 3.05) is 5.73 Å². The predicted octanol–water partition coefficient (Wildman–Crippen LogP) is 2.79. The average Bonchev–Trinajstić information content (AvgIpc) is 2.19. The molecule has 20 heavy (non-hydrogen) atoms. The van der Waals surface area contributed by atoms with E-state index in [1.807, 2.05) is 0 Å². The van der Waals surface area contributed by atoms with Crippen LogP contribution in [-0.4, -0.2) is 20.6 Å². The number of rotatable bonds is 4. The molecule has 0 aliphatic carbocycles. The maximum atomic E-state index is 13.6. The number of hydrogen-bond acceptors (Lipinski definition) is 3. The van der Waals surface area contributed by atoms with Gasteiger partial charge in [0.1, 0.15) is 10.7 Å². The molecule has 0 fully saturated rings. The van der Waals surface area contributed by atoms with Gasteiger partial charge in [0.05, 0.1) is 6.42 Å². The molecule has 114 valence electrons. The Kier molecular flexibility index (Phi) is 5.03. The topological polar surface area (TPSA) is 72.2 Å². The monoisotopic (exact) mass is 378 g/mol. The van der Waals surface area contributed by atoms with Gasteiger partial charge in [0.2, 0.25) is 10.0 Å². The summed E-state index contributed by atoms with van der Waals surface area (Å²) in [4.78, 5) is -0.799. The van der Waals surface area contributed by atoms with E-state index >= 15 is 0 Å². The van der Waals surface area contributed by atoms with Crippen molar-refractivity contribution in [3.8, 4) is 0 Å². The molecule has 3 N–H and O–H groups in total. The third-order valence-electron chi connectivity index (χ3n) is 2.23. The van der Waals surface area contributed by atoms with Crippen molar-refractivity contribution < 1.29 is 26.0 Å². The van der Waals surface area contributed by atoms with E-state index in [2.05, 4.69) is 15.9 Å². The number of hydrogen-bond donors (Lipinski definition) is 2. The Morgan fingerprint density at radius 2 is 1.95 bits per heavy atom. The molecule has 1 aromatic rings. The molecule has 1 aromatic carbocycles. The summed E-state index contributed by atoms with van der Waals surface area (Å²) in [7, 11) is -4.43. The number of benzene rings is 1. The summed E-state index contributed by atoms with van der Waals surface area (Å²) in [5.74, 6) is -1.11. The maximum absolute atomic E-state index is 13.6. The summed E-state index contributed by atoms with van der Waals surface area (Å²) < 4.78 is 75.6. The quantitative estimate of drug-likeness (QED) is 0.624. The minimum Gasteiger partial charge on any atom is -0.398 e. The van der Waals surface area contributed by atoms with E-state index in [1.165, 1.54) is 0 Å². The molecule has 0 radical (unpaired) electrons. The standard InChI is InChI=1S/C10H11BrF4N2O2S/c1-5(4-10(13,14)15)17-20(18,19)9-3-8(16)6(11)2-7(9)12/h2-3,5,17H,4,16H2,1H3. The molecule has 0 bridgehead atoms. The lowest BCUT2D eigenvalue weighted by Crippen LogP contribution is -2.36. The van der Waals surface area contributed by atoms with Crippen LogP contribution in [-0.2, 0) is 10.0 Å². The van der Waals surface area contributed by atoms with Gasteiger partial charge in [-0.1, -0.05) is 0 Å². The first kappa shape index (κ1) is 17.2. The Labute approximate surface area is 121 Å². The first-order valence-electron chi connectivity index (χ1n) is 5.26. The van der Waals surface area contributed by atoms with Gasteiger partial charge in [0, 0.05) is 16.2 Å². The number of anilines is 1. The number of halogens is 5. The van der Waals surface area contributed by atoms with Crippen LogP contribution in [0.3, 0.4) is 0 Å². The summed E-state index contributed by atoms with van der Waals surface area (Å²) >= 11 is 2.91. The van der Waals surface area contributed by atoms with Crippen molar-refractivity contribution in [2.45, 2.75) is 30.5 Å². The fraction of sp³-hybridized carbons (Fsp3) is 0.400. The Hall–Kier alpha value is -0.870. The lowest BCUT2D eigenvalue weighted by Gasteiger charge is -2.16. The zero-order valence-corrected chi connectivity index (χ0v) is 12.5. The summed E-state index contributed by atoms with van der Waals surface area (Å²) in [6, 6.07) is 0.240. The Balaban J connectivity index is 3.03. The van der Waals surface area contributed by atoms with Crippen LogP contribution < -0.4 is 10.5 Å². The first-order valence-corrected chi connectivity index (χ1v) is 7.53. The summed E-state index contributed by atoms with van der Waals surface area (Å²) in [5, 5.41) is 0. The molecule has 1 rings (SSSR count). The lowest BCUT2D eigenvalue weighted by molar-refractivity contribution is -0.137. The number of nitrogens with one attached hydrogen (secondary N) is 1. The van der Waals surface area contributed by atoms with E-state index in [-0.39, 0.29) is 10.2 Å². The van der Waals surface area contributed by atoms with Gasteiger partial charge in [0.15, 0.2) is 0 Å². The molecular weight excluding hydrogens is 368 g/mol. The van der Waals surface area contributed by atoms with Crippen LogP contribution in [0.5, 0.6) is 0 Å². The molecule has 0 saturated carbocycles. The highest BCUT2D eigenvalue weighted by molar-refractivity contribution is 9.10. The zero-order chi connectivity index (χ0) is 15.7. The van der Waals surface area contributed by atoms with Gasteiger partial charge in [-0.2, -0.15) is 13.2 Å². The van der Waals surface area contributed by atoms with Crippen molar-refractivity contribution >= 4 is 31.6 Å². The SMILES string of the molecule is CC(CC(F)(F)F)NS(=O)(=O)c1cc(N)c(Br)cc1F. The Morgan fingerprint density at radius 3 is 2.45 bits per heavy atom. The largest absolute Gasteiger partial charge is 0.398 e. The van der Waals surface area contributed by atoms with E-state index < -0.39 is 39.4 Å².